The molecular formula is C19H14Cl2F3N3. The quantitative estimate of drug-likeness (QED) is 0.548. The molecule has 3 aromatic rings. The van der Waals surface area contributed by atoms with E-state index in [0.717, 1.165) is 34.8 Å². The second-order valence-corrected chi connectivity index (χ2v) is 7.23. The first kappa shape index (κ1) is 18.2. The summed E-state index contributed by atoms with van der Waals surface area (Å²) in [5, 5.41) is 8.64. The van der Waals surface area contributed by atoms with Gasteiger partial charge in [-0.25, -0.2) is 4.68 Å². The van der Waals surface area contributed by atoms with Crippen molar-refractivity contribution in [1.82, 2.24) is 9.78 Å². The summed E-state index contributed by atoms with van der Waals surface area (Å²) in [6, 6.07) is 8.72. The number of hydrogen-bond donors (Lipinski definition) is 1. The van der Waals surface area contributed by atoms with Crippen molar-refractivity contribution in [3.8, 4) is 16.9 Å². The lowest BCUT2D eigenvalue weighted by Gasteiger charge is -2.11. The number of nitrogens with zero attached hydrogens (tertiary/aromatic N) is 2. The summed E-state index contributed by atoms with van der Waals surface area (Å²) in [5.74, 6) is 0.754. The van der Waals surface area contributed by atoms with Crippen LogP contribution in [0.15, 0.2) is 36.4 Å². The summed E-state index contributed by atoms with van der Waals surface area (Å²) >= 11 is 12.4. The van der Waals surface area contributed by atoms with Crippen molar-refractivity contribution in [2.45, 2.75) is 19.5 Å². The van der Waals surface area contributed by atoms with Crippen LogP contribution in [0.1, 0.15) is 16.7 Å². The molecule has 0 aliphatic carbocycles. The molecule has 1 N–H and O–H groups in total. The van der Waals surface area contributed by atoms with Gasteiger partial charge >= 0.3 is 6.18 Å². The van der Waals surface area contributed by atoms with Gasteiger partial charge in [-0.3, -0.25) is 0 Å². The first-order valence-electron chi connectivity index (χ1n) is 8.25. The van der Waals surface area contributed by atoms with Crippen LogP contribution in [0, 0.1) is 6.92 Å². The van der Waals surface area contributed by atoms with Crippen LogP contribution in [0.5, 0.6) is 0 Å². The normalized spacial score (nSPS) is 13.6. The average Bonchev–Trinajstić information content (AvgIpc) is 3.19. The number of hydrogen-bond acceptors (Lipinski definition) is 2. The van der Waals surface area contributed by atoms with Crippen LogP contribution in [-0.4, -0.2) is 16.3 Å². The van der Waals surface area contributed by atoms with E-state index in [9.17, 15) is 13.2 Å². The highest BCUT2D eigenvalue weighted by Gasteiger charge is 2.32. The van der Waals surface area contributed by atoms with Crippen LogP contribution in [0.4, 0.5) is 19.0 Å². The number of rotatable bonds is 2. The summed E-state index contributed by atoms with van der Waals surface area (Å²) in [7, 11) is 0. The molecule has 2 heterocycles. The summed E-state index contributed by atoms with van der Waals surface area (Å²) in [5.41, 5.74) is 2.52. The van der Waals surface area contributed by atoms with Gasteiger partial charge in [-0.15, -0.1) is 0 Å². The number of halogens is 5. The zero-order chi connectivity index (χ0) is 19.3. The summed E-state index contributed by atoms with van der Waals surface area (Å²) in [4.78, 5) is 0. The molecule has 4 rings (SSSR count). The van der Waals surface area contributed by atoms with Gasteiger partial charge in [0.1, 0.15) is 5.82 Å². The van der Waals surface area contributed by atoms with Crippen molar-refractivity contribution in [2.75, 3.05) is 11.9 Å². The molecule has 2 aromatic carbocycles. The van der Waals surface area contributed by atoms with Gasteiger partial charge in [-0.05, 0) is 49.2 Å². The maximum Gasteiger partial charge on any atom is 0.416 e. The smallest absolute Gasteiger partial charge is 0.369 e. The Morgan fingerprint density at radius 1 is 1.11 bits per heavy atom. The Morgan fingerprint density at radius 3 is 2.63 bits per heavy atom. The van der Waals surface area contributed by atoms with E-state index in [1.54, 1.807) is 16.8 Å². The molecule has 0 amide bonds. The van der Waals surface area contributed by atoms with Crippen LogP contribution in [-0.2, 0) is 12.6 Å². The minimum atomic E-state index is -4.45. The third-order valence-corrected chi connectivity index (χ3v) is 5.16. The Kier molecular flexibility index (Phi) is 4.35. The standard InChI is InChI=1S/C19H14Cl2F3N3/c1-10-2-4-12(20)9-16(10)27-18-13(6-7-25-18)17(26-27)14-8-11(19(22,23)24)3-5-15(14)21/h2-5,8-9,25H,6-7H2,1H3. The number of aryl methyl sites for hydroxylation is 1. The molecule has 140 valence electrons. The first-order valence-corrected chi connectivity index (χ1v) is 9.00. The SMILES string of the molecule is Cc1ccc(Cl)cc1-n1nc(-c2cc(C(F)(F)F)ccc2Cl)c2c1NCC2. The van der Waals surface area contributed by atoms with Crippen molar-refractivity contribution in [3.05, 3.63) is 63.1 Å². The van der Waals surface area contributed by atoms with E-state index < -0.39 is 11.7 Å². The largest absolute Gasteiger partial charge is 0.416 e. The lowest BCUT2D eigenvalue weighted by molar-refractivity contribution is -0.137. The Bertz CT molecular complexity index is 1040. The lowest BCUT2D eigenvalue weighted by Crippen LogP contribution is -2.06. The molecule has 0 unspecified atom stereocenters. The zero-order valence-corrected chi connectivity index (χ0v) is 15.7. The molecule has 3 nitrogen and oxygen atoms in total. The Morgan fingerprint density at radius 2 is 1.89 bits per heavy atom. The predicted molar refractivity (Wildman–Crippen MR) is 101 cm³/mol. The van der Waals surface area contributed by atoms with Crippen molar-refractivity contribution >= 4 is 29.0 Å². The van der Waals surface area contributed by atoms with Gasteiger partial charge in [0.25, 0.3) is 0 Å². The van der Waals surface area contributed by atoms with Gasteiger partial charge in [0.2, 0.25) is 0 Å². The molecule has 0 radical (unpaired) electrons. The molecule has 0 atom stereocenters. The zero-order valence-electron chi connectivity index (χ0n) is 14.2. The number of nitrogens with one attached hydrogen (secondary N) is 1. The van der Waals surface area contributed by atoms with Gasteiger partial charge in [0.05, 0.1) is 22.0 Å². The molecule has 1 aliphatic heterocycles. The van der Waals surface area contributed by atoms with Gasteiger partial charge in [0.15, 0.2) is 0 Å². The maximum absolute atomic E-state index is 13.2. The van der Waals surface area contributed by atoms with Crippen LogP contribution < -0.4 is 5.32 Å². The van der Waals surface area contributed by atoms with E-state index in [-0.39, 0.29) is 10.6 Å². The fraction of sp³-hybridized carbons (Fsp3) is 0.211. The molecule has 8 heteroatoms. The van der Waals surface area contributed by atoms with Crippen LogP contribution in [0.25, 0.3) is 16.9 Å². The molecule has 0 bridgehead atoms. The molecular weight excluding hydrogens is 398 g/mol. The van der Waals surface area contributed by atoms with E-state index in [1.165, 1.54) is 6.07 Å². The Hall–Kier alpha value is -2.18. The lowest BCUT2D eigenvalue weighted by atomic mass is 10.0. The molecule has 0 saturated heterocycles. The van der Waals surface area contributed by atoms with Crippen molar-refractivity contribution in [2.24, 2.45) is 0 Å². The highest BCUT2D eigenvalue weighted by molar-refractivity contribution is 6.33. The monoisotopic (exact) mass is 411 g/mol. The minimum Gasteiger partial charge on any atom is -0.369 e. The molecule has 1 aliphatic rings. The number of alkyl halides is 3. The average molecular weight is 412 g/mol. The third kappa shape index (κ3) is 3.17. The molecule has 1 aromatic heterocycles. The third-order valence-electron chi connectivity index (χ3n) is 4.60. The predicted octanol–water partition coefficient (Wildman–Crippen LogP) is 6.14. The van der Waals surface area contributed by atoms with Crippen molar-refractivity contribution < 1.29 is 13.2 Å². The first-order chi connectivity index (χ1) is 12.8. The highest BCUT2D eigenvalue weighted by atomic mass is 35.5. The van der Waals surface area contributed by atoms with E-state index >= 15 is 0 Å². The fourth-order valence-electron chi connectivity index (χ4n) is 3.26. The van der Waals surface area contributed by atoms with E-state index in [2.05, 4.69) is 10.4 Å². The van der Waals surface area contributed by atoms with E-state index in [0.29, 0.717) is 23.7 Å². The number of aromatic nitrogens is 2. The summed E-state index contributed by atoms with van der Waals surface area (Å²) < 4.78 is 41.2. The van der Waals surface area contributed by atoms with Gasteiger partial charge in [-0.2, -0.15) is 18.3 Å². The maximum atomic E-state index is 13.2. The van der Waals surface area contributed by atoms with Gasteiger partial charge in [-0.1, -0.05) is 29.3 Å². The van der Waals surface area contributed by atoms with E-state index in [1.807, 2.05) is 13.0 Å². The molecule has 0 saturated carbocycles. The number of benzene rings is 2. The second kappa shape index (κ2) is 6.46. The van der Waals surface area contributed by atoms with Crippen LogP contribution >= 0.6 is 23.2 Å². The Balaban J connectivity index is 1.93. The van der Waals surface area contributed by atoms with E-state index in [4.69, 9.17) is 23.2 Å². The van der Waals surface area contributed by atoms with Crippen LogP contribution in [0.2, 0.25) is 10.0 Å². The minimum absolute atomic E-state index is 0.227. The molecule has 27 heavy (non-hydrogen) atoms. The molecule has 0 spiro atoms. The summed E-state index contributed by atoms with van der Waals surface area (Å²) in [6.45, 7) is 2.60. The van der Waals surface area contributed by atoms with Gasteiger partial charge in [0, 0.05) is 22.7 Å². The second-order valence-electron chi connectivity index (χ2n) is 6.39. The Labute approximate surface area is 163 Å². The van der Waals surface area contributed by atoms with Crippen molar-refractivity contribution in [3.63, 3.8) is 0 Å². The summed E-state index contributed by atoms with van der Waals surface area (Å²) in [6.07, 6.45) is -3.80. The van der Waals surface area contributed by atoms with Crippen LogP contribution in [0.3, 0.4) is 0 Å². The molecule has 0 fully saturated rings. The highest BCUT2D eigenvalue weighted by Crippen LogP contribution is 2.40. The number of anilines is 1. The number of fused-ring (bicyclic) bond motifs is 1. The topological polar surface area (TPSA) is 29.9 Å². The fourth-order valence-corrected chi connectivity index (χ4v) is 3.63. The van der Waals surface area contributed by atoms with Gasteiger partial charge < -0.3 is 5.32 Å². The van der Waals surface area contributed by atoms with Crippen molar-refractivity contribution in [1.29, 1.82) is 0 Å².